The topological polar surface area (TPSA) is 69.7 Å². The molecule has 0 saturated carbocycles. The van der Waals surface area contributed by atoms with Gasteiger partial charge in [0.2, 0.25) is 0 Å². The fourth-order valence-corrected chi connectivity index (χ4v) is 1.85. The molecule has 1 fully saturated rings. The molecule has 2 heterocycles. The minimum Gasteiger partial charge on any atom is -0.496 e. The van der Waals surface area contributed by atoms with Gasteiger partial charge in [-0.1, -0.05) is 0 Å². The van der Waals surface area contributed by atoms with Gasteiger partial charge < -0.3 is 19.5 Å². The number of carbonyl (C=O) groups excluding carboxylic acids is 1. The zero-order chi connectivity index (χ0) is 14.6. The lowest BCUT2D eigenvalue weighted by Gasteiger charge is -2.33. The van der Waals surface area contributed by atoms with Gasteiger partial charge in [0.05, 0.1) is 27.4 Å². The van der Waals surface area contributed by atoms with Crippen molar-refractivity contribution in [1.29, 1.82) is 0 Å². The number of hydrogen-bond acceptors (Lipinski definition) is 6. The average Bonchev–Trinajstić information content (AvgIpc) is 2.44. The number of pyridine rings is 1. The van der Waals surface area contributed by atoms with Gasteiger partial charge in [0.25, 0.3) is 0 Å². The molecule has 0 radical (unpaired) electrons. The molecule has 1 saturated heterocycles. The lowest BCUT2D eigenvalue weighted by atomic mass is 10.1. The van der Waals surface area contributed by atoms with E-state index >= 15 is 0 Å². The van der Waals surface area contributed by atoms with E-state index in [9.17, 15) is 9.18 Å². The lowest BCUT2D eigenvalue weighted by Crippen LogP contribution is -2.52. The second-order valence-corrected chi connectivity index (χ2v) is 4.62. The normalized spacial score (nSPS) is 16.4. The summed E-state index contributed by atoms with van der Waals surface area (Å²) in [6.45, 7) is 0.839. The van der Waals surface area contributed by atoms with Crippen molar-refractivity contribution in [3.8, 4) is 5.75 Å². The molecule has 1 aliphatic rings. The van der Waals surface area contributed by atoms with Gasteiger partial charge in [-0.05, 0) is 0 Å². The summed E-state index contributed by atoms with van der Waals surface area (Å²) in [5.74, 6) is -0.0252. The SMILES string of the molecule is COC(=O)c1cc(OC)c(CNCC2(F)COC2)cn1. The number of aromatic nitrogens is 1. The molecule has 1 aromatic rings. The van der Waals surface area contributed by atoms with E-state index in [0.29, 0.717) is 12.3 Å². The van der Waals surface area contributed by atoms with Gasteiger partial charge in [-0.15, -0.1) is 0 Å². The lowest BCUT2D eigenvalue weighted by molar-refractivity contribution is -0.127. The van der Waals surface area contributed by atoms with Crippen LogP contribution in [0.5, 0.6) is 5.75 Å². The summed E-state index contributed by atoms with van der Waals surface area (Å²) in [5.41, 5.74) is -0.376. The van der Waals surface area contributed by atoms with Gasteiger partial charge in [0.15, 0.2) is 11.4 Å². The van der Waals surface area contributed by atoms with Crippen molar-refractivity contribution in [2.75, 3.05) is 34.0 Å². The Morgan fingerprint density at radius 3 is 2.85 bits per heavy atom. The number of methoxy groups -OCH3 is 2. The Balaban J connectivity index is 1.98. The van der Waals surface area contributed by atoms with Crippen molar-refractivity contribution < 1.29 is 23.4 Å². The molecule has 0 aromatic carbocycles. The molecule has 0 atom stereocenters. The van der Waals surface area contributed by atoms with E-state index < -0.39 is 11.6 Å². The molecule has 0 unspecified atom stereocenters. The summed E-state index contributed by atoms with van der Waals surface area (Å²) in [6, 6.07) is 1.50. The number of ether oxygens (including phenoxy) is 3. The van der Waals surface area contributed by atoms with Gasteiger partial charge in [-0.3, -0.25) is 0 Å². The fraction of sp³-hybridized carbons (Fsp3) is 0.538. The maximum absolute atomic E-state index is 13.7. The summed E-state index contributed by atoms with van der Waals surface area (Å²) in [4.78, 5) is 15.4. The first-order valence-electron chi connectivity index (χ1n) is 6.16. The summed E-state index contributed by atoms with van der Waals surface area (Å²) >= 11 is 0. The number of esters is 1. The van der Waals surface area contributed by atoms with Crippen LogP contribution < -0.4 is 10.1 Å². The van der Waals surface area contributed by atoms with E-state index in [1.54, 1.807) is 0 Å². The quantitative estimate of drug-likeness (QED) is 0.776. The third-order valence-corrected chi connectivity index (χ3v) is 3.04. The Labute approximate surface area is 116 Å². The number of hydrogen-bond donors (Lipinski definition) is 1. The predicted molar refractivity (Wildman–Crippen MR) is 68.5 cm³/mol. The standard InChI is InChI=1S/C13H17FN2O4/c1-18-11-3-10(12(17)19-2)16-5-9(11)4-15-6-13(14)7-20-8-13/h3,5,15H,4,6-8H2,1-2H3. The Bertz CT molecular complexity index is 491. The number of rotatable bonds is 6. The summed E-state index contributed by atoms with van der Waals surface area (Å²) < 4.78 is 28.3. The maximum atomic E-state index is 13.7. The molecule has 0 amide bonds. The third-order valence-electron chi connectivity index (χ3n) is 3.04. The van der Waals surface area contributed by atoms with Crippen LogP contribution in [0.1, 0.15) is 16.1 Å². The first kappa shape index (κ1) is 14.7. The van der Waals surface area contributed by atoms with Gasteiger partial charge >= 0.3 is 5.97 Å². The number of nitrogens with zero attached hydrogens (tertiary/aromatic N) is 1. The van der Waals surface area contributed by atoms with Crippen LogP contribution in [0, 0.1) is 0 Å². The zero-order valence-electron chi connectivity index (χ0n) is 11.4. The van der Waals surface area contributed by atoms with Gasteiger partial charge in [-0.25, -0.2) is 14.2 Å². The molecule has 0 bridgehead atoms. The highest BCUT2D eigenvalue weighted by molar-refractivity contribution is 5.87. The molecule has 20 heavy (non-hydrogen) atoms. The van der Waals surface area contributed by atoms with Crippen LogP contribution in [-0.4, -0.2) is 50.6 Å². The first-order valence-corrected chi connectivity index (χ1v) is 6.16. The number of alkyl halides is 1. The van der Waals surface area contributed by atoms with Crippen LogP contribution in [0.2, 0.25) is 0 Å². The predicted octanol–water partition coefficient (Wildman–Crippen LogP) is 0.705. The van der Waals surface area contributed by atoms with E-state index in [1.165, 1.54) is 26.5 Å². The largest absolute Gasteiger partial charge is 0.496 e. The minimum absolute atomic E-state index is 0.122. The first-order chi connectivity index (χ1) is 9.58. The van der Waals surface area contributed by atoms with Crippen molar-refractivity contribution in [1.82, 2.24) is 10.3 Å². The summed E-state index contributed by atoms with van der Waals surface area (Å²) in [7, 11) is 2.78. The number of halogens is 1. The van der Waals surface area contributed by atoms with Crippen LogP contribution in [0.4, 0.5) is 4.39 Å². The van der Waals surface area contributed by atoms with Crippen LogP contribution in [0.3, 0.4) is 0 Å². The Morgan fingerprint density at radius 2 is 2.30 bits per heavy atom. The Kier molecular flexibility index (Phi) is 4.51. The summed E-state index contributed by atoms with van der Waals surface area (Å²) in [6.07, 6.45) is 1.51. The molecule has 1 aromatic heterocycles. The Hall–Kier alpha value is -1.73. The molecular weight excluding hydrogens is 267 g/mol. The van der Waals surface area contributed by atoms with Crippen LogP contribution >= 0.6 is 0 Å². The molecule has 6 nitrogen and oxygen atoms in total. The molecule has 1 aliphatic heterocycles. The highest BCUT2D eigenvalue weighted by Crippen LogP contribution is 2.22. The molecule has 110 valence electrons. The summed E-state index contributed by atoms with van der Waals surface area (Å²) in [5, 5.41) is 2.99. The maximum Gasteiger partial charge on any atom is 0.356 e. The van der Waals surface area contributed by atoms with Gasteiger partial charge in [0, 0.05) is 30.9 Å². The van der Waals surface area contributed by atoms with Crippen LogP contribution in [0.15, 0.2) is 12.3 Å². The van der Waals surface area contributed by atoms with Gasteiger partial charge in [-0.2, -0.15) is 0 Å². The van der Waals surface area contributed by atoms with Gasteiger partial charge in [0.1, 0.15) is 5.75 Å². The van der Waals surface area contributed by atoms with E-state index in [0.717, 1.165) is 5.56 Å². The highest BCUT2D eigenvalue weighted by atomic mass is 19.1. The van der Waals surface area contributed by atoms with Crippen molar-refractivity contribution in [2.45, 2.75) is 12.2 Å². The van der Waals surface area contributed by atoms with E-state index in [1.807, 2.05) is 0 Å². The fourth-order valence-electron chi connectivity index (χ4n) is 1.85. The zero-order valence-corrected chi connectivity index (χ0v) is 11.4. The molecule has 2 rings (SSSR count). The Morgan fingerprint density at radius 1 is 1.55 bits per heavy atom. The second kappa shape index (κ2) is 6.15. The number of carbonyl (C=O) groups is 1. The van der Waals surface area contributed by atoms with E-state index in [-0.39, 0.29) is 25.5 Å². The molecule has 0 spiro atoms. The minimum atomic E-state index is -1.29. The average molecular weight is 284 g/mol. The molecule has 7 heteroatoms. The number of nitrogens with one attached hydrogen (secondary N) is 1. The van der Waals surface area contributed by atoms with Crippen molar-refractivity contribution in [3.05, 3.63) is 23.5 Å². The highest BCUT2D eigenvalue weighted by Gasteiger charge is 2.38. The van der Waals surface area contributed by atoms with E-state index in [2.05, 4.69) is 15.0 Å². The van der Waals surface area contributed by atoms with Crippen LogP contribution in [0.25, 0.3) is 0 Å². The van der Waals surface area contributed by atoms with E-state index in [4.69, 9.17) is 9.47 Å². The monoisotopic (exact) mass is 284 g/mol. The molecular formula is C13H17FN2O4. The molecule has 0 aliphatic carbocycles. The second-order valence-electron chi connectivity index (χ2n) is 4.62. The molecule has 1 N–H and O–H groups in total. The smallest absolute Gasteiger partial charge is 0.356 e. The van der Waals surface area contributed by atoms with Crippen molar-refractivity contribution >= 4 is 5.97 Å². The third kappa shape index (κ3) is 3.23. The van der Waals surface area contributed by atoms with Crippen molar-refractivity contribution in [3.63, 3.8) is 0 Å². The van der Waals surface area contributed by atoms with Crippen molar-refractivity contribution in [2.24, 2.45) is 0 Å². The van der Waals surface area contributed by atoms with Crippen LogP contribution in [-0.2, 0) is 16.0 Å².